The van der Waals surface area contributed by atoms with Crippen molar-refractivity contribution >= 4 is 61.1 Å². The molecule has 0 aliphatic carbocycles. The number of nitrogens with zero attached hydrogens (tertiary/aromatic N) is 1. The van der Waals surface area contributed by atoms with Gasteiger partial charge in [0, 0.05) is 24.8 Å². The zero-order chi connectivity index (χ0) is 14.1. The molecule has 20 heavy (non-hydrogen) atoms. The van der Waals surface area contributed by atoms with Gasteiger partial charge in [0.05, 0.1) is 0 Å². The van der Waals surface area contributed by atoms with Crippen LogP contribution >= 0.6 is 43.2 Å². The number of esters is 1. The Morgan fingerprint density at radius 3 is 2.75 bits per heavy atom. The van der Waals surface area contributed by atoms with Crippen LogP contribution < -0.4 is 0 Å². The number of thiophene rings is 1. The van der Waals surface area contributed by atoms with E-state index in [4.69, 9.17) is 4.74 Å². The zero-order valence-electron chi connectivity index (χ0n) is 9.97. The van der Waals surface area contributed by atoms with Gasteiger partial charge in [0.1, 0.15) is 0 Å². The third-order valence-electron chi connectivity index (χ3n) is 2.56. The zero-order valence-corrected chi connectivity index (χ0v) is 14.0. The van der Waals surface area contributed by atoms with Crippen LogP contribution in [0, 0.1) is 0 Å². The van der Waals surface area contributed by atoms with E-state index in [9.17, 15) is 4.79 Å². The summed E-state index contributed by atoms with van der Waals surface area (Å²) in [5.41, 5.74) is 1.08. The molecule has 0 radical (unpaired) electrons. The number of halogens is 2. The highest BCUT2D eigenvalue weighted by atomic mass is 79.9. The van der Waals surface area contributed by atoms with E-state index < -0.39 is 5.97 Å². The summed E-state index contributed by atoms with van der Waals surface area (Å²) >= 11 is 8.29. The molecule has 2 aromatic rings. The number of hydrogen-bond donors (Lipinski definition) is 0. The second-order valence-electron chi connectivity index (χ2n) is 4.01. The molecule has 0 fully saturated rings. The van der Waals surface area contributed by atoms with E-state index in [1.54, 1.807) is 6.08 Å². The molecule has 0 N–H and O–H groups in total. The Bertz CT molecular complexity index is 749. The molecule has 1 aromatic carbocycles. The fourth-order valence-corrected chi connectivity index (χ4v) is 3.46. The van der Waals surface area contributed by atoms with Gasteiger partial charge in [0.25, 0.3) is 0 Å². The Hall–Kier alpha value is -1.24. The van der Waals surface area contributed by atoms with Crippen molar-refractivity contribution in [3.05, 3.63) is 60.8 Å². The van der Waals surface area contributed by atoms with Crippen LogP contribution in [0.25, 0.3) is 6.08 Å². The Kier molecular flexibility index (Phi) is 3.87. The van der Waals surface area contributed by atoms with E-state index in [-0.39, 0.29) is 0 Å². The van der Waals surface area contributed by atoms with Crippen LogP contribution in [0.5, 0.6) is 0 Å². The number of hydrogen-bond acceptors (Lipinski definition) is 4. The summed E-state index contributed by atoms with van der Waals surface area (Å²) in [4.78, 5) is 17.0. The van der Waals surface area contributed by atoms with Crippen molar-refractivity contribution in [1.29, 1.82) is 0 Å². The molecule has 3 nitrogen and oxygen atoms in total. The van der Waals surface area contributed by atoms with Gasteiger partial charge in [-0.3, -0.25) is 0 Å². The number of carbonyl (C=O) groups is 1. The molecule has 0 unspecified atom stereocenters. The van der Waals surface area contributed by atoms with E-state index in [0.29, 0.717) is 11.6 Å². The lowest BCUT2D eigenvalue weighted by molar-refractivity contribution is -0.129. The summed E-state index contributed by atoms with van der Waals surface area (Å²) in [7, 11) is 0. The molecule has 1 aliphatic heterocycles. The minimum Gasteiger partial charge on any atom is -0.402 e. The van der Waals surface area contributed by atoms with Gasteiger partial charge in [-0.15, -0.1) is 11.3 Å². The SMILES string of the molecule is O=C1OC(c2cccc(Br)c2)=NC1=Cc1cc(Br)cs1. The summed E-state index contributed by atoms with van der Waals surface area (Å²) < 4.78 is 7.10. The molecular formula is C14H7Br2NO2S. The van der Waals surface area contributed by atoms with Crippen molar-refractivity contribution in [2.75, 3.05) is 0 Å². The molecule has 100 valence electrons. The Balaban J connectivity index is 1.94. The molecule has 2 heterocycles. The minimum atomic E-state index is -0.426. The van der Waals surface area contributed by atoms with Crippen LogP contribution in [0.3, 0.4) is 0 Å². The lowest BCUT2D eigenvalue weighted by Crippen LogP contribution is -2.05. The van der Waals surface area contributed by atoms with Crippen molar-refractivity contribution in [1.82, 2.24) is 0 Å². The molecule has 0 saturated heterocycles. The molecule has 0 atom stereocenters. The van der Waals surface area contributed by atoms with Crippen molar-refractivity contribution in [2.45, 2.75) is 0 Å². The molecule has 1 aliphatic rings. The average Bonchev–Trinajstić information content (AvgIpc) is 2.97. The molecular weight excluding hydrogens is 406 g/mol. The van der Waals surface area contributed by atoms with Crippen molar-refractivity contribution < 1.29 is 9.53 Å². The topological polar surface area (TPSA) is 38.7 Å². The standard InChI is InChI=1S/C14H7Br2NO2S/c15-9-3-1-2-8(4-9)13-17-12(14(18)19-13)6-11-5-10(16)7-20-11/h1-7H. The number of benzene rings is 1. The van der Waals surface area contributed by atoms with Gasteiger partial charge in [-0.1, -0.05) is 22.0 Å². The monoisotopic (exact) mass is 411 g/mol. The van der Waals surface area contributed by atoms with Gasteiger partial charge in [-0.2, -0.15) is 0 Å². The van der Waals surface area contributed by atoms with E-state index in [1.165, 1.54) is 11.3 Å². The van der Waals surface area contributed by atoms with Crippen molar-refractivity contribution in [3.63, 3.8) is 0 Å². The van der Waals surface area contributed by atoms with Gasteiger partial charge in [-0.25, -0.2) is 9.79 Å². The lowest BCUT2D eigenvalue weighted by atomic mass is 10.2. The summed E-state index contributed by atoms with van der Waals surface area (Å²) in [5.74, 6) is -0.0948. The van der Waals surface area contributed by atoms with Gasteiger partial charge < -0.3 is 4.74 Å². The molecule has 0 saturated carbocycles. The Labute approximate surface area is 136 Å². The van der Waals surface area contributed by atoms with Crippen LogP contribution in [0.2, 0.25) is 0 Å². The first kappa shape index (κ1) is 13.7. The molecule has 0 bridgehead atoms. The molecule has 6 heteroatoms. The first-order valence-electron chi connectivity index (χ1n) is 5.64. The highest BCUT2D eigenvalue weighted by Gasteiger charge is 2.24. The number of ether oxygens (including phenoxy) is 1. The summed E-state index contributed by atoms with van der Waals surface area (Å²) in [6, 6.07) is 9.41. The maximum Gasteiger partial charge on any atom is 0.363 e. The fraction of sp³-hybridized carbons (Fsp3) is 0. The number of rotatable bonds is 2. The number of aliphatic imine (C=N–C) groups is 1. The average molecular weight is 413 g/mol. The predicted molar refractivity (Wildman–Crippen MR) is 86.8 cm³/mol. The van der Waals surface area contributed by atoms with Gasteiger partial charge in [-0.05, 0) is 46.3 Å². The normalized spacial score (nSPS) is 16.4. The van der Waals surface area contributed by atoms with Crippen LogP contribution in [0.1, 0.15) is 10.4 Å². The molecule has 1 aromatic heterocycles. The first-order chi connectivity index (χ1) is 9.61. The molecule has 0 spiro atoms. The second kappa shape index (κ2) is 5.63. The third-order valence-corrected chi connectivity index (χ3v) is 4.69. The van der Waals surface area contributed by atoms with Gasteiger partial charge >= 0.3 is 5.97 Å². The number of carbonyl (C=O) groups excluding carboxylic acids is 1. The fourth-order valence-electron chi connectivity index (χ4n) is 1.69. The molecule has 0 amide bonds. The van der Waals surface area contributed by atoms with E-state index in [2.05, 4.69) is 36.9 Å². The van der Waals surface area contributed by atoms with Gasteiger partial charge in [0.15, 0.2) is 5.70 Å². The summed E-state index contributed by atoms with van der Waals surface area (Å²) in [5, 5.41) is 1.95. The first-order valence-corrected chi connectivity index (χ1v) is 8.11. The maximum atomic E-state index is 11.8. The van der Waals surface area contributed by atoms with Crippen molar-refractivity contribution in [3.8, 4) is 0 Å². The minimum absolute atomic E-state index is 0.314. The summed E-state index contributed by atoms with van der Waals surface area (Å²) in [6.45, 7) is 0. The highest BCUT2D eigenvalue weighted by molar-refractivity contribution is 9.10. The maximum absolute atomic E-state index is 11.8. The third kappa shape index (κ3) is 2.92. The van der Waals surface area contributed by atoms with Crippen molar-refractivity contribution in [2.24, 2.45) is 4.99 Å². The molecule has 3 rings (SSSR count). The van der Waals surface area contributed by atoms with E-state index in [1.807, 2.05) is 35.7 Å². The van der Waals surface area contributed by atoms with Crippen LogP contribution in [-0.4, -0.2) is 11.9 Å². The van der Waals surface area contributed by atoms with Crippen LogP contribution in [-0.2, 0) is 9.53 Å². The Morgan fingerprint density at radius 1 is 1.20 bits per heavy atom. The quantitative estimate of drug-likeness (QED) is 0.533. The summed E-state index contributed by atoms with van der Waals surface area (Å²) in [6.07, 6.45) is 1.72. The van der Waals surface area contributed by atoms with E-state index >= 15 is 0 Å². The largest absolute Gasteiger partial charge is 0.402 e. The number of cyclic esters (lactones) is 1. The highest BCUT2D eigenvalue weighted by Crippen LogP contribution is 2.25. The smallest absolute Gasteiger partial charge is 0.363 e. The van der Waals surface area contributed by atoms with Gasteiger partial charge in [0.2, 0.25) is 5.90 Å². The Morgan fingerprint density at radius 2 is 2.05 bits per heavy atom. The predicted octanol–water partition coefficient (Wildman–Crippen LogP) is 4.62. The van der Waals surface area contributed by atoms with Crippen LogP contribution in [0.15, 0.2) is 55.3 Å². The second-order valence-corrected chi connectivity index (χ2v) is 6.79. The van der Waals surface area contributed by atoms with Crippen LogP contribution in [0.4, 0.5) is 0 Å². The lowest BCUT2D eigenvalue weighted by Gasteiger charge is -1.99. The van der Waals surface area contributed by atoms with E-state index in [0.717, 1.165) is 19.4 Å².